The molecule has 2 fully saturated rings. The summed E-state index contributed by atoms with van der Waals surface area (Å²) in [5.74, 6) is 0. The van der Waals surface area contributed by atoms with E-state index in [2.05, 4.69) is 19.5 Å². The molecule has 4 rings (SSSR count). The Morgan fingerprint density at radius 2 is 2.11 bits per heavy atom. The monoisotopic (exact) mass is 296 g/mol. The number of aromatic amines is 1. The predicted octanol–water partition coefficient (Wildman–Crippen LogP) is 2.55. The van der Waals surface area contributed by atoms with E-state index in [1.54, 1.807) is 6.20 Å². The van der Waals surface area contributed by atoms with Gasteiger partial charge in [0.2, 0.25) is 5.28 Å². The van der Waals surface area contributed by atoms with Crippen molar-refractivity contribution in [1.29, 1.82) is 0 Å². The van der Waals surface area contributed by atoms with Crippen LogP contribution in [0.1, 0.15) is 32.1 Å². The van der Waals surface area contributed by atoms with Crippen LogP contribution in [0, 0.1) is 4.77 Å². The van der Waals surface area contributed by atoms with Crippen LogP contribution < -0.4 is 0 Å². The number of aliphatic hydroxyl groups is 1. The summed E-state index contributed by atoms with van der Waals surface area (Å²) >= 11 is 11.3. The zero-order valence-electron chi connectivity index (χ0n) is 10.2. The maximum atomic E-state index is 10.4. The van der Waals surface area contributed by atoms with Crippen LogP contribution in [-0.4, -0.2) is 30.2 Å². The number of halogens is 1. The molecule has 0 aliphatic heterocycles. The highest BCUT2D eigenvalue weighted by atomic mass is 35.5. The van der Waals surface area contributed by atoms with E-state index in [9.17, 15) is 5.11 Å². The van der Waals surface area contributed by atoms with Crippen LogP contribution in [0.4, 0.5) is 0 Å². The van der Waals surface area contributed by atoms with E-state index in [1.165, 1.54) is 0 Å². The Morgan fingerprint density at radius 3 is 2.74 bits per heavy atom. The first-order chi connectivity index (χ1) is 9.01. The van der Waals surface area contributed by atoms with Gasteiger partial charge in [-0.2, -0.15) is 4.98 Å². The summed E-state index contributed by atoms with van der Waals surface area (Å²) < 4.78 is 2.69. The molecule has 0 spiro atoms. The standard InChI is InChI=1S/C12H13ClN4OS/c13-9-14-5-7-8(16-9)17(10(19)15-7)11-1-3-12(18,6-11)4-2-11/h5,18H,1-4,6H2,(H,15,19). The summed E-state index contributed by atoms with van der Waals surface area (Å²) in [6.07, 6.45) is 5.95. The van der Waals surface area contributed by atoms with E-state index in [4.69, 9.17) is 23.8 Å². The second-order valence-corrected chi connectivity index (χ2v) is 6.49. The van der Waals surface area contributed by atoms with Gasteiger partial charge in [-0.05, 0) is 55.9 Å². The van der Waals surface area contributed by atoms with E-state index in [0.29, 0.717) is 4.77 Å². The summed E-state index contributed by atoms with van der Waals surface area (Å²) in [7, 11) is 0. The Bertz CT molecular complexity index is 729. The average molecular weight is 297 g/mol. The summed E-state index contributed by atoms with van der Waals surface area (Å²) in [5.41, 5.74) is 0.916. The van der Waals surface area contributed by atoms with Crippen LogP contribution in [0.25, 0.3) is 11.2 Å². The lowest BCUT2D eigenvalue weighted by Crippen LogP contribution is -2.28. The van der Waals surface area contributed by atoms with Gasteiger partial charge in [0.25, 0.3) is 0 Å². The van der Waals surface area contributed by atoms with Gasteiger partial charge < -0.3 is 10.1 Å². The highest BCUT2D eigenvalue weighted by molar-refractivity contribution is 7.71. The molecular weight excluding hydrogens is 284 g/mol. The van der Waals surface area contributed by atoms with E-state index in [0.717, 1.165) is 43.3 Å². The number of H-pyrrole nitrogens is 1. The fraction of sp³-hybridized carbons (Fsp3) is 0.583. The van der Waals surface area contributed by atoms with Crippen molar-refractivity contribution in [1.82, 2.24) is 19.5 Å². The highest BCUT2D eigenvalue weighted by Crippen LogP contribution is 2.55. The lowest BCUT2D eigenvalue weighted by molar-refractivity contribution is 0.0521. The first-order valence-corrected chi connectivity index (χ1v) is 7.16. The van der Waals surface area contributed by atoms with Gasteiger partial charge in [0.05, 0.1) is 17.3 Å². The fourth-order valence-corrected chi connectivity index (χ4v) is 4.29. The van der Waals surface area contributed by atoms with Crippen LogP contribution in [-0.2, 0) is 5.54 Å². The molecule has 2 aromatic rings. The molecule has 2 bridgehead atoms. The number of rotatable bonds is 1. The van der Waals surface area contributed by atoms with E-state index < -0.39 is 5.60 Å². The van der Waals surface area contributed by atoms with Crippen molar-refractivity contribution in [2.45, 2.75) is 43.2 Å². The summed E-state index contributed by atoms with van der Waals surface area (Å²) in [6.45, 7) is 0. The minimum Gasteiger partial charge on any atom is -0.390 e. The normalized spacial score (nSPS) is 33.4. The SMILES string of the molecule is OC12CCC(n3c(=S)[nH]c4cnc(Cl)nc43)(CC1)C2. The summed E-state index contributed by atoms with van der Waals surface area (Å²) in [4.78, 5) is 11.4. The van der Waals surface area contributed by atoms with E-state index in [-0.39, 0.29) is 10.8 Å². The second kappa shape index (κ2) is 3.56. The molecule has 2 N–H and O–H groups in total. The Morgan fingerprint density at radius 1 is 1.37 bits per heavy atom. The van der Waals surface area contributed by atoms with Crippen molar-refractivity contribution in [3.8, 4) is 0 Å². The Labute approximate surface area is 119 Å². The molecule has 19 heavy (non-hydrogen) atoms. The Hall–Kier alpha value is -0.980. The molecule has 0 aromatic carbocycles. The zero-order valence-corrected chi connectivity index (χ0v) is 11.8. The molecule has 2 heterocycles. The Balaban J connectivity index is 1.99. The lowest BCUT2D eigenvalue weighted by atomic mass is 9.92. The van der Waals surface area contributed by atoms with Crippen LogP contribution in [0.5, 0.6) is 0 Å². The van der Waals surface area contributed by atoms with Crippen molar-refractivity contribution in [3.05, 3.63) is 16.3 Å². The molecule has 2 aliphatic carbocycles. The molecule has 2 aromatic heterocycles. The third kappa shape index (κ3) is 1.53. The molecule has 7 heteroatoms. The fourth-order valence-electron chi connectivity index (χ4n) is 3.77. The smallest absolute Gasteiger partial charge is 0.224 e. The number of hydrogen-bond donors (Lipinski definition) is 2. The largest absolute Gasteiger partial charge is 0.390 e. The average Bonchev–Trinajstić information content (AvgIpc) is 2.96. The first kappa shape index (κ1) is 11.8. The van der Waals surface area contributed by atoms with Crippen molar-refractivity contribution >= 4 is 35.0 Å². The molecular formula is C12H13ClN4OS. The maximum absolute atomic E-state index is 10.4. The van der Waals surface area contributed by atoms with Crippen LogP contribution in [0.15, 0.2) is 6.20 Å². The number of hydrogen-bond acceptors (Lipinski definition) is 4. The molecule has 100 valence electrons. The molecule has 0 radical (unpaired) electrons. The minimum atomic E-state index is -0.519. The van der Waals surface area contributed by atoms with Gasteiger partial charge in [0.1, 0.15) is 5.52 Å². The lowest BCUT2D eigenvalue weighted by Gasteiger charge is -2.28. The second-order valence-electron chi connectivity index (χ2n) is 5.77. The molecule has 2 saturated carbocycles. The maximum Gasteiger partial charge on any atom is 0.224 e. The molecule has 5 nitrogen and oxygen atoms in total. The number of nitrogens with one attached hydrogen (secondary N) is 1. The van der Waals surface area contributed by atoms with Crippen LogP contribution >= 0.6 is 23.8 Å². The summed E-state index contributed by atoms with van der Waals surface area (Å²) in [5, 5.41) is 10.6. The van der Waals surface area contributed by atoms with Crippen molar-refractivity contribution in [2.75, 3.05) is 0 Å². The quantitative estimate of drug-likeness (QED) is 0.627. The van der Waals surface area contributed by atoms with Crippen molar-refractivity contribution < 1.29 is 5.11 Å². The van der Waals surface area contributed by atoms with Gasteiger partial charge in [-0.1, -0.05) is 0 Å². The zero-order chi connectivity index (χ0) is 13.3. The number of nitrogens with zero attached hydrogens (tertiary/aromatic N) is 3. The molecule has 0 unspecified atom stereocenters. The van der Waals surface area contributed by atoms with Crippen LogP contribution in [0.3, 0.4) is 0 Å². The topological polar surface area (TPSA) is 66.7 Å². The molecule has 0 atom stereocenters. The van der Waals surface area contributed by atoms with E-state index >= 15 is 0 Å². The van der Waals surface area contributed by atoms with Gasteiger partial charge in [-0.3, -0.25) is 4.57 Å². The minimum absolute atomic E-state index is 0.109. The third-order valence-corrected chi connectivity index (χ3v) is 5.11. The summed E-state index contributed by atoms with van der Waals surface area (Å²) in [6, 6.07) is 0. The van der Waals surface area contributed by atoms with Gasteiger partial charge >= 0.3 is 0 Å². The molecule has 0 saturated heterocycles. The number of fused-ring (bicyclic) bond motifs is 3. The third-order valence-electron chi connectivity index (χ3n) is 4.64. The predicted molar refractivity (Wildman–Crippen MR) is 73.7 cm³/mol. The van der Waals surface area contributed by atoms with Crippen molar-refractivity contribution in [2.24, 2.45) is 0 Å². The highest BCUT2D eigenvalue weighted by Gasteiger charge is 2.55. The molecule has 2 aliphatic rings. The van der Waals surface area contributed by atoms with E-state index in [1.807, 2.05) is 0 Å². The Kier molecular flexibility index (Phi) is 2.21. The van der Waals surface area contributed by atoms with Crippen molar-refractivity contribution in [3.63, 3.8) is 0 Å². The van der Waals surface area contributed by atoms with Crippen LogP contribution in [0.2, 0.25) is 5.28 Å². The first-order valence-electron chi connectivity index (χ1n) is 6.38. The van der Waals surface area contributed by atoms with Gasteiger partial charge in [0.15, 0.2) is 10.4 Å². The van der Waals surface area contributed by atoms with Gasteiger partial charge in [-0.15, -0.1) is 0 Å². The van der Waals surface area contributed by atoms with Gasteiger partial charge in [-0.25, -0.2) is 4.98 Å². The number of imidazole rings is 1. The van der Waals surface area contributed by atoms with Gasteiger partial charge in [0, 0.05) is 0 Å². The number of aromatic nitrogens is 4. The molecule has 0 amide bonds.